The molecule has 0 spiro atoms. The van der Waals surface area contributed by atoms with Crippen LogP contribution in [0.15, 0.2) is 30.6 Å². The van der Waals surface area contributed by atoms with Crippen molar-refractivity contribution < 1.29 is 23.1 Å². The van der Waals surface area contributed by atoms with Gasteiger partial charge in [-0.3, -0.25) is 4.79 Å². The minimum Gasteiger partial charge on any atom is -0.391 e. The summed E-state index contributed by atoms with van der Waals surface area (Å²) in [6.45, 7) is -0.0863. The third kappa shape index (κ3) is 3.37. The maximum absolute atomic E-state index is 12.9. The van der Waals surface area contributed by atoms with Crippen molar-refractivity contribution in [2.45, 2.75) is 31.3 Å². The SMILES string of the molecule is O=C(Cn1cnnn1)N1CC(O)CC1c1cccc(C(F)(F)F)c1. The Bertz CT molecular complexity index is 719. The van der Waals surface area contributed by atoms with E-state index in [-0.39, 0.29) is 25.4 Å². The Kier molecular flexibility index (Phi) is 4.22. The van der Waals surface area contributed by atoms with Crippen LogP contribution < -0.4 is 0 Å². The van der Waals surface area contributed by atoms with Crippen LogP contribution in [0.25, 0.3) is 0 Å². The monoisotopic (exact) mass is 341 g/mol. The lowest BCUT2D eigenvalue weighted by atomic mass is 10.0. The van der Waals surface area contributed by atoms with Gasteiger partial charge in [-0.15, -0.1) is 5.10 Å². The smallest absolute Gasteiger partial charge is 0.391 e. The van der Waals surface area contributed by atoms with Crippen LogP contribution >= 0.6 is 0 Å². The third-order valence-corrected chi connectivity index (χ3v) is 3.89. The summed E-state index contributed by atoms with van der Waals surface area (Å²) >= 11 is 0. The zero-order valence-electron chi connectivity index (χ0n) is 12.4. The highest BCUT2D eigenvalue weighted by Gasteiger charge is 2.37. The number of nitrogens with zero attached hydrogens (tertiary/aromatic N) is 5. The fraction of sp³-hybridized carbons (Fsp3) is 0.429. The molecule has 1 amide bonds. The van der Waals surface area contributed by atoms with Gasteiger partial charge in [0.1, 0.15) is 12.9 Å². The molecule has 24 heavy (non-hydrogen) atoms. The number of rotatable bonds is 3. The number of tetrazole rings is 1. The predicted octanol–water partition coefficient (Wildman–Crippen LogP) is 1.03. The molecule has 2 unspecified atom stereocenters. The van der Waals surface area contributed by atoms with Gasteiger partial charge in [0.25, 0.3) is 0 Å². The zero-order chi connectivity index (χ0) is 17.3. The Morgan fingerprint density at radius 2 is 2.17 bits per heavy atom. The lowest BCUT2D eigenvalue weighted by molar-refractivity contribution is -0.137. The summed E-state index contributed by atoms with van der Waals surface area (Å²) in [6, 6.07) is 4.19. The van der Waals surface area contributed by atoms with E-state index >= 15 is 0 Å². The second-order valence-electron chi connectivity index (χ2n) is 5.58. The van der Waals surface area contributed by atoms with Crippen LogP contribution in [-0.2, 0) is 17.5 Å². The summed E-state index contributed by atoms with van der Waals surface area (Å²) in [7, 11) is 0. The molecule has 1 aliphatic heterocycles. The minimum atomic E-state index is -4.46. The van der Waals surface area contributed by atoms with Crippen molar-refractivity contribution >= 4 is 5.91 Å². The number of carbonyl (C=O) groups is 1. The molecule has 0 aliphatic carbocycles. The molecule has 7 nitrogen and oxygen atoms in total. The number of benzene rings is 1. The molecule has 1 N–H and O–H groups in total. The Balaban J connectivity index is 1.84. The van der Waals surface area contributed by atoms with Crippen molar-refractivity contribution in [1.29, 1.82) is 0 Å². The second kappa shape index (κ2) is 6.19. The predicted molar refractivity (Wildman–Crippen MR) is 74.3 cm³/mol. The molecule has 1 saturated heterocycles. The maximum Gasteiger partial charge on any atom is 0.416 e. The average Bonchev–Trinajstić information content (AvgIpc) is 3.16. The van der Waals surface area contributed by atoms with Gasteiger partial charge >= 0.3 is 6.18 Å². The fourth-order valence-electron chi connectivity index (χ4n) is 2.81. The van der Waals surface area contributed by atoms with Crippen LogP contribution in [0, 0.1) is 0 Å². The Labute approximate surface area is 134 Å². The molecule has 1 fully saturated rings. The second-order valence-corrected chi connectivity index (χ2v) is 5.58. The van der Waals surface area contributed by atoms with E-state index in [1.807, 2.05) is 0 Å². The lowest BCUT2D eigenvalue weighted by Gasteiger charge is -2.25. The molecular formula is C14H14F3N5O2. The maximum atomic E-state index is 12.9. The highest BCUT2D eigenvalue weighted by molar-refractivity contribution is 5.77. The van der Waals surface area contributed by atoms with Gasteiger partial charge in [-0.2, -0.15) is 13.2 Å². The highest BCUT2D eigenvalue weighted by atomic mass is 19.4. The van der Waals surface area contributed by atoms with E-state index in [1.54, 1.807) is 0 Å². The van der Waals surface area contributed by atoms with Gasteiger partial charge in [-0.05, 0) is 34.5 Å². The zero-order valence-corrected chi connectivity index (χ0v) is 12.4. The van der Waals surface area contributed by atoms with E-state index < -0.39 is 23.9 Å². The van der Waals surface area contributed by atoms with Gasteiger partial charge < -0.3 is 10.0 Å². The van der Waals surface area contributed by atoms with Crippen molar-refractivity contribution in [3.05, 3.63) is 41.7 Å². The summed E-state index contributed by atoms with van der Waals surface area (Å²) in [5, 5.41) is 20.3. The lowest BCUT2D eigenvalue weighted by Crippen LogP contribution is -2.34. The number of alkyl halides is 3. The number of aliphatic hydroxyl groups is 1. The van der Waals surface area contributed by atoms with Crippen molar-refractivity contribution in [2.75, 3.05) is 6.54 Å². The molecule has 1 aromatic heterocycles. The van der Waals surface area contributed by atoms with E-state index in [0.29, 0.717) is 5.56 Å². The number of carbonyl (C=O) groups excluding carboxylic acids is 1. The Morgan fingerprint density at radius 3 is 2.83 bits per heavy atom. The first-order valence-corrected chi connectivity index (χ1v) is 7.20. The number of β-amino-alcohol motifs (C(OH)–C–C–N with tert-alkyl or cyclic N) is 1. The van der Waals surface area contributed by atoms with Gasteiger partial charge in [0.2, 0.25) is 5.91 Å². The van der Waals surface area contributed by atoms with Crippen LogP contribution in [0.5, 0.6) is 0 Å². The van der Waals surface area contributed by atoms with E-state index in [9.17, 15) is 23.1 Å². The molecule has 2 heterocycles. The van der Waals surface area contributed by atoms with Gasteiger partial charge in [-0.1, -0.05) is 12.1 Å². The summed E-state index contributed by atoms with van der Waals surface area (Å²) in [6.07, 6.45) is -3.80. The van der Waals surface area contributed by atoms with Crippen LogP contribution in [0.3, 0.4) is 0 Å². The van der Waals surface area contributed by atoms with Crippen LogP contribution in [0.2, 0.25) is 0 Å². The van der Waals surface area contributed by atoms with Crippen molar-refractivity contribution in [1.82, 2.24) is 25.1 Å². The minimum absolute atomic E-state index is 0.0574. The summed E-state index contributed by atoms with van der Waals surface area (Å²) in [5.74, 6) is -0.374. The standard InChI is InChI=1S/C14H14F3N5O2/c15-14(16,17)10-3-1-2-9(4-10)12-5-11(23)6-22(12)13(24)7-21-8-18-19-20-21/h1-4,8,11-12,23H,5-7H2. The van der Waals surface area contributed by atoms with Gasteiger partial charge in [-0.25, -0.2) is 4.68 Å². The number of hydrogen-bond acceptors (Lipinski definition) is 5. The van der Waals surface area contributed by atoms with E-state index in [2.05, 4.69) is 15.5 Å². The summed E-state index contributed by atoms with van der Waals surface area (Å²) in [4.78, 5) is 13.8. The number of hydrogen-bond donors (Lipinski definition) is 1. The first kappa shape index (κ1) is 16.4. The normalized spacial score (nSPS) is 21.2. The largest absolute Gasteiger partial charge is 0.416 e. The Hall–Kier alpha value is -2.49. The first-order valence-electron chi connectivity index (χ1n) is 7.20. The van der Waals surface area contributed by atoms with Gasteiger partial charge in [0.15, 0.2) is 0 Å². The molecule has 1 aromatic carbocycles. The quantitative estimate of drug-likeness (QED) is 0.901. The molecule has 0 saturated carbocycles. The number of aliphatic hydroxyl groups excluding tert-OH is 1. The molecule has 2 aromatic rings. The van der Waals surface area contributed by atoms with E-state index in [1.165, 1.54) is 28.0 Å². The van der Waals surface area contributed by atoms with E-state index in [0.717, 1.165) is 12.1 Å². The van der Waals surface area contributed by atoms with Crippen molar-refractivity contribution in [2.24, 2.45) is 0 Å². The number of aromatic nitrogens is 4. The molecule has 2 atom stereocenters. The average molecular weight is 341 g/mol. The van der Waals surface area contributed by atoms with E-state index in [4.69, 9.17) is 0 Å². The highest BCUT2D eigenvalue weighted by Crippen LogP contribution is 2.36. The number of amides is 1. The topological polar surface area (TPSA) is 84.1 Å². The molecule has 128 valence electrons. The molecule has 1 aliphatic rings. The first-order chi connectivity index (χ1) is 11.3. The van der Waals surface area contributed by atoms with Crippen molar-refractivity contribution in [3.8, 4) is 0 Å². The van der Waals surface area contributed by atoms with Crippen LogP contribution in [-0.4, -0.2) is 48.8 Å². The number of likely N-dealkylation sites (tertiary alicyclic amines) is 1. The van der Waals surface area contributed by atoms with Gasteiger partial charge in [0, 0.05) is 6.54 Å². The molecule has 0 radical (unpaired) electrons. The van der Waals surface area contributed by atoms with Crippen molar-refractivity contribution in [3.63, 3.8) is 0 Å². The molecule has 10 heteroatoms. The summed E-state index contributed by atoms with van der Waals surface area (Å²) in [5.41, 5.74) is -0.444. The van der Waals surface area contributed by atoms with Crippen LogP contribution in [0.1, 0.15) is 23.6 Å². The Morgan fingerprint density at radius 1 is 1.38 bits per heavy atom. The third-order valence-electron chi connectivity index (χ3n) is 3.89. The van der Waals surface area contributed by atoms with Gasteiger partial charge in [0.05, 0.1) is 17.7 Å². The summed E-state index contributed by atoms with van der Waals surface area (Å²) < 4.78 is 39.9. The van der Waals surface area contributed by atoms with Crippen LogP contribution in [0.4, 0.5) is 13.2 Å². The molecule has 0 bridgehead atoms. The fourth-order valence-corrected chi connectivity index (χ4v) is 2.81. The number of halogens is 3. The molecule has 3 rings (SSSR count). The molecular weight excluding hydrogens is 327 g/mol.